The van der Waals surface area contributed by atoms with E-state index in [0.717, 1.165) is 77.7 Å². The number of halogens is 2. The molecule has 0 spiro atoms. The molecule has 0 saturated carbocycles. The van der Waals surface area contributed by atoms with E-state index in [1.54, 1.807) is 0 Å². The number of aromatic hydroxyl groups is 1. The summed E-state index contributed by atoms with van der Waals surface area (Å²) in [5, 5.41) is 10.5. The third-order valence-electron chi connectivity index (χ3n) is 10.5. The molecule has 262 valence electrons. The predicted molar refractivity (Wildman–Crippen MR) is 191 cm³/mol. The van der Waals surface area contributed by atoms with Crippen molar-refractivity contribution in [2.75, 3.05) is 0 Å². The van der Waals surface area contributed by atoms with Crippen molar-refractivity contribution < 1.29 is 28.2 Å². The number of benzene rings is 3. The molecule has 1 aliphatic rings. The number of ether oxygens (including phenoxy) is 2. The molecule has 0 amide bonds. The molecule has 0 saturated heterocycles. The van der Waals surface area contributed by atoms with Gasteiger partial charge < -0.3 is 14.6 Å². The second-order valence-electron chi connectivity index (χ2n) is 15.2. The second kappa shape index (κ2) is 16.3. The first-order valence-electron chi connectivity index (χ1n) is 18.0. The summed E-state index contributed by atoms with van der Waals surface area (Å²) < 4.78 is 40.6. The van der Waals surface area contributed by atoms with E-state index in [0.29, 0.717) is 17.2 Å². The van der Waals surface area contributed by atoms with Crippen LogP contribution >= 0.6 is 0 Å². The van der Waals surface area contributed by atoms with Crippen molar-refractivity contribution in [3.05, 3.63) is 75.8 Å². The number of hydrogen-bond donors (Lipinski definition) is 1. The fraction of sp³-hybridized carbons (Fsp3) is 0.548. The monoisotopic (exact) mass is 662 g/mol. The summed E-state index contributed by atoms with van der Waals surface area (Å²) in [5.74, 6) is 1.19. The number of hydrogen-bond acceptors (Lipinski definition) is 4. The van der Waals surface area contributed by atoms with Crippen LogP contribution in [0.4, 0.5) is 8.78 Å². The maximum Gasteiger partial charge on any atom is 0.347 e. The summed E-state index contributed by atoms with van der Waals surface area (Å²) in [4.78, 5) is 13.4. The normalized spacial score (nSPS) is 17.1. The van der Waals surface area contributed by atoms with Crippen LogP contribution in [-0.2, 0) is 6.42 Å². The van der Waals surface area contributed by atoms with E-state index in [4.69, 9.17) is 9.47 Å². The maximum absolute atomic E-state index is 14.5. The average molecular weight is 663 g/mol. The Balaban J connectivity index is 1.37. The van der Waals surface area contributed by atoms with Gasteiger partial charge in [0.2, 0.25) is 0 Å². The molecule has 1 heterocycles. The zero-order valence-corrected chi connectivity index (χ0v) is 30.4. The van der Waals surface area contributed by atoms with Crippen molar-refractivity contribution in [1.29, 1.82) is 0 Å². The fourth-order valence-electron chi connectivity index (χ4n) is 7.15. The van der Waals surface area contributed by atoms with Crippen molar-refractivity contribution in [2.24, 2.45) is 17.8 Å². The number of carbonyl (C=O) groups is 1. The van der Waals surface area contributed by atoms with Gasteiger partial charge in [0.25, 0.3) is 0 Å². The highest BCUT2D eigenvalue weighted by Crippen LogP contribution is 2.45. The Hall–Kier alpha value is -3.41. The topological polar surface area (TPSA) is 55.8 Å². The first-order valence-corrected chi connectivity index (χ1v) is 18.0. The lowest BCUT2D eigenvalue weighted by Gasteiger charge is -2.38. The number of carbonyl (C=O) groups excluding carboxylic acids is 1. The Labute approximate surface area is 287 Å². The maximum atomic E-state index is 14.5. The quantitative estimate of drug-likeness (QED) is 0.130. The molecule has 3 unspecified atom stereocenters. The van der Waals surface area contributed by atoms with Crippen molar-refractivity contribution in [1.82, 2.24) is 0 Å². The Bertz CT molecular complexity index is 1580. The molecule has 1 N–H and O–H groups in total. The van der Waals surface area contributed by atoms with Crippen molar-refractivity contribution >= 4 is 5.97 Å². The van der Waals surface area contributed by atoms with E-state index in [2.05, 4.69) is 34.6 Å². The number of fused-ring (bicyclic) bond motifs is 1. The van der Waals surface area contributed by atoms with Crippen LogP contribution in [0.3, 0.4) is 0 Å². The lowest BCUT2D eigenvalue weighted by atomic mass is 9.83. The molecule has 3 aromatic carbocycles. The van der Waals surface area contributed by atoms with Gasteiger partial charge in [-0.1, -0.05) is 78.7 Å². The van der Waals surface area contributed by atoms with Gasteiger partial charge >= 0.3 is 5.97 Å². The molecule has 48 heavy (non-hydrogen) atoms. The molecule has 0 aliphatic carbocycles. The van der Waals surface area contributed by atoms with Crippen molar-refractivity contribution in [3.63, 3.8) is 0 Å². The SMILES string of the molecule is Cc1c(C)c2c(c(C)c1OC(=O)c1cc(-c3ccc(F)cc3F)ccc1O)CCC(C)(CCCC(C)CCCC(C)CCCC(C)C)O2. The lowest BCUT2D eigenvalue weighted by molar-refractivity contribution is 0.0508. The molecule has 1 aliphatic heterocycles. The van der Waals surface area contributed by atoms with E-state index < -0.39 is 17.6 Å². The zero-order chi connectivity index (χ0) is 35.2. The number of phenolic OH excluding ortho intramolecular Hbond substituents is 1. The lowest BCUT2D eigenvalue weighted by Crippen LogP contribution is -2.37. The van der Waals surface area contributed by atoms with Crippen molar-refractivity contribution in [3.8, 4) is 28.4 Å². The standard InChI is InChI=1S/C42H56F2O4/c1-26(2)12-9-13-27(3)14-10-15-28(4)16-11-22-42(8)23-21-34-31(7)39(29(5)30(6)40(34)48-42)47-41(46)36-24-32(17-20-38(36)45)35-19-18-33(43)25-37(35)44/h17-20,24-28,45H,9-16,21-23H2,1-8H3. The summed E-state index contributed by atoms with van der Waals surface area (Å²) in [6.07, 6.45) is 13.0. The van der Waals surface area contributed by atoms with Crippen LogP contribution in [0.25, 0.3) is 11.1 Å². The molecule has 6 heteroatoms. The zero-order valence-electron chi connectivity index (χ0n) is 30.4. The number of phenols is 1. The van der Waals surface area contributed by atoms with Crippen LogP contribution in [0.5, 0.6) is 17.2 Å². The molecular formula is C42H56F2O4. The summed E-state index contributed by atoms with van der Waals surface area (Å²) >= 11 is 0. The van der Waals surface area contributed by atoms with Gasteiger partial charge in [-0.3, -0.25) is 0 Å². The molecule has 0 aromatic heterocycles. The Morgan fingerprint density at radius 1 is 0.875 bits per heavy atom. The predicted octanol–water partition coefficient (Wildman–Crippen LogP) is 12.0. The Morgan fingerprint density at radius 2 is 1.52 bits per heavy atom. The Morgan fingerprint density at radius 3 is 2.17 bits per heavy atom. The van der Waals surface area contributed by atoms with E-state index in [1.165, 1.54) is 69.2 Å². The van der Waals surface area contributed by atoms with Crippen LogP contribution in [0.1, 0.15) is 131 Å². The van der Waals surface area contributed by atoms with Gasteiger partial charge in [-0.2, -0.15) is 0 Å². The molecule has 0 bridgehead atoms. The third kappa shape index (κ3) is 9.39. The molecule has 3 aromatic rings. The summed E-state index contributed by atoms with van der Waals surface area (Å²) in [6, 6.07) is 7.41. The summed E-state index contributed by atoms with van der Waals surface area (Å²) in [7, 11) is 0. The van der Waals surface area contributed by atoms with Gasteiger partial charge in [0.1, 0.15) is 40.0 Å². The summed E-state index contributed by atoms with van der Waals surface area (Å²) in [6.45, 7) is 17.5. The first kappa shape index (κ1) is 37.4. The van der Waals surface area contributed by atoms with Crippen LogP contribution < -0.4 is 9.47 Å². The smallest absolute Gasteiger partial charge is 0.347 e. The second-order valence-corrected chi connectivity index (χ2v) is 15.2. The molecule has 3 atom stereocenters. The molecule has 4 nitrogen and oxygen atoms in total. The average Bonchev–Trinajstić information content (AvgIpc) is 3.02. The van der Waals surface area contributed by atoms with E-state index in [9.17, 15) is 18.7 Å². The third-order valence-corrected chi connectivity index (χ3v) is 10.5. The molecule has 0 fully saturated rings. The van der Waals surface area contributed by atoms with Gasteiger partial charge in [0.05, 0.1) is 0 Å². The van der Waals surface area contributed by atoms with Crippen LogP contribution in [0.15, 0.2) is 36.4 Å². The summed E-state index contributed by atoms with van der Waals surface area (Å²) in [5.41, 5.74) is 3.73. The first-order chi connectivity index (χ1) is 22.7. The Kier molecular flexibility index (Phi) is 12.7. The minimum atomic E-state index is -0.758. The van der Waals surface area contributed by atoms with Gasteiger partial charge in [-0.15, -0.1) is 0 Å². The van der Waals surface area contributed by atoms with Crippen LogP contribution in [0.2, 0.25) is 0 Å². The van der Waals surface area contributed by atoms with E-state index in [-0.39, 0.29) is 22.5 Å². The molecule has 0 radical (unpaired) electrons. The van der Waals surface area contributed by atoms with Gasteiger partial charge in [0.15, 0.2) is 0 Å². The van der Waals surface area contributed by atoms with E-state index >= 15 is 0 Å². The number of rotatable bonds is 15. The van der Waals surface area contributed by atoms with Gasteiger partial charge in [-0.25, -0.2) is 13.6 Å². The molecular weight excluding hydrogens is 606 g/mol. The minimum Gasteiger partial charge on any atom is -0.507 e. The molecule has 4 rings (SSSR count). The van der Waals surface area contributed by atoms with Crippen LogP contribution in [0, 0.1) is 50.2 Å². The van der Waals surface area contributed by atoms with E-state index in [1.807, 2.05) is 20.8 Å². The van der Waals surface area contributed by atoms with Crippen LogP contribution in [-0.4, -0.2) is 16.7 Å². The fourth-order valence-corrected chi connectivity index (χ4v) is 7.15. The highest BCUT2D eigenvalue weighted by Gasteiger charge is 2.35. The number of esters is 1. The highest BCUT2D eigenvalue weighted by molar-refractivity contribution is 5.96. The highest BCUT2D eigenvalue weighted by atomic mass is 19.1. The van der Waals surface area contributed by atoms with Gasteiger partial charge in [-0.05, 0) is 118 Å². The van der Waals surface area contributed by atoms with Crippen molar-refractivity contribution in [2.45, 2.75) is 132 Å². The minimum absolute atomic E-state index is 0.0976. The largest absolute Gasteiger partial charge is 0.507 e. The van der Waals surface area contributed by atoms with Gasteiger partial charge in [0, 0.05) is 17.2 Å².